The summed E-state index contributed by atoms with van der Waals surface area (Å²) in [6.45, 7) is 12.4. The van der Waals surface area contributed by atoms with Crippen molar-refractivity contribution in [3.05, 3.63) is 36.1 Å². The first-order valence-corrected chi connectivity index (χ1v) is 12.3. The smallest absolute Gasteiger partial charge is 0.237 e. The van der Waals surface area contributed by atoms with Crippen molar-refractivity contribution in [1.82, 2.24) is 19.6 Å². The second kappa shape index (κ2) is 10.3. The van der Waals surface area contributed by atoms with E-state index in [4.69, 9.17) is 4.42 Å². The van der Waals surface area contributed by atoms with Crippen molar-refractivity contribution in [3.8, 4) is 0 Å². The highest BCUT2D eigenvalue weighted by Crippen LogP contribution is 2.27. The second-order valence-corrected chi connectivity index (χ2v) is 10.2. The number of fused-ring (bicyclic) bond motifs is 1. The summed E-state index contributed by atoms with van der Waals surface area (Å²) in [7, 11) is 1.84. The van der Waals surface area contributed by atoms with Crippen molar-refractivity contribution >= 4 is 22.8 Å². The fourth-order valence-corrected chi connectivity index (χ4v) is 5.18. The van der Waals surface area contributed by atoms with Gasteiger partial charge in [0.1, 0.15) is 11.3 Å². The van der Waals surface area contributed by atoms with Crippen LogP contribution in [0.2, 0.25) is 0 Å². The number of amides is 2. The highest BCUT2D eigenvalue weighted by Gasteiger charge is 2.28. The third-order valence-electron chi connectivity index (χ3n) is 7.23. The van der Waals surface area contributed by atoms with Crippen LogP contribution < -0.4 is 0 Å². The van der Waals surface area contributed by atoms with Crippen LogP contribution in [0.3, 0.4) is 0 Å². The van der Waals surface area contributed by atoms with Gasteiger partial charge in [-0.05, 0) is 37.3 Å². The lowest BCUT2D eigenvalue weighted by molar-refractivity contribution is -0.137. The number of para-hydroxylation sites is 1. The zero-order valence-electron chi connectivity index (χ0n) is 20.5. The third-order valence-corrected chi connectivity index (χ3v) is 7.23. The first-order valence-electron chi connectivity index (χ1n) is 12.3. The minimum absolute atomic E-state index is 0.0868. The molecular formula is C26H38N4O3. The lowest BCUT2D eigenvalue weighted by Crippen LogP contribution is -2.53. The Kier molecular flexibility index (Phi) is 7.39. The normalized spacial score (nSPS) is 23.6. The van der Waals surface area contributed by atoms with Crippen molar-refractivity contribution < 1.29 is 14.0 Å². The molecule has 33 heavy (non-hydrogen) atoms. The highest BCUT2D eigenvalue weighted by molar-refractivity contribution is 5.80. The monoisotopic (exact) mass is 454 g/mol. The molecule has 2 fully saturated rings. The molecule has 0 saturated carbocycles. The Morgan fingerprint density at radius 3 is 2.27 bits per heavy atom. The number of hydrogen-bond donors (Lipinski definition) is 0. The van der Waals surface area contributed by atoms with Gasteiger partial charge in [-0.1, -0.05) is 32.0 Å². The lowest BCUT2D eigenvalue weighted by Gasteiger charge is -2.38. The molecular weight excluding hydrogens is 416 g/mol. The third kappa shape index (κ3) is 5.76. The van der Waals surface area contributed by atoms with Crippen LogP contribution in [0, 0.1) is 11.8 Å². The highest BCUT2D eigenvalue weighted by atomic mass is 16.3. The topological polar surface area (TPSA) is 60.2 Å². The van der Waals surface area contributed by atoms with Gasteiger partial charge in [-0.3, -0.25) is 19.4 Å². The van der Waals surface area contributed by atoms with Crippen LogP contribution in [0.5, 0.6) is 0 Å². The molecule has 0 aliphatic carbocycles. The van der Waals surface area contributed by atoms with Gasteiger partial charge in [0.25, 0.3) is 0 Å². The number of furan rings is 1. The molecule has 0 bridgehead atoms. The molecule has 1 aromatic heterocycles. The molecule has 0 radical (unpaired) electrons. The van der Waals surface area contributed by atoms with Crippen molar-refractivity contribution in [2.45, 2.75) is 33.2 Å². The molecule has 7 heteroatoms. The van der Waals surface area contributed by atoms with Gasteiger partial charge in [0.15, 0.2) is 0 Å². The van der Waals surface area contributed by atoms with Crippen molar-refractivity contribution in [1.29, 1.82) is 0 Å². The summed E-state index contributed by atoms with van der Waals surface area (Å²) in [6, 6.07) is 9.80. The first kappa shape index (κ1) is 23.8. The molecule has 2 amide bonds. The standard InChI is InChI=1S/C26H38N4O3/c1-19-13-20(2)16-30(15-19)26(32)18-29-11-9-28(10-12-29)17-25(31)27(4)21(3)24-14-22-7-5-6-8-23(22)33-24/h5-8,14,19-21H,9-13,15-18H2,1-4H3. The average Bonchev–Trinajstić information content (AvgIpc) is 3.23. The van der Waals surface area contributed by atoms with Gasteiger partial charge in [-0.15, -0.1) is 0 Å². The van der Waals surface area contributed by atoms with E-state index in [0.29, 0.717) is 24.9 Å². The van der Waals surface area contributed by atoms with E-state index in [0.717, 1.165) is 56.0 Å². The Morgan fingerprint density at radius 2 is 1.64 bits per heavy atom. The molecule has 3 atom stereocenters. The van der Waals surface area contributed by atoms with Crippen LogP contribution in [0.4, 0.5) is 0 Å². The fraction of sp³-hybridized carbons (Fsp3) is 0.615. The van der Waals surface area contributed by atoms with E-state index < -0.39 is 0 Å². The minimum atomic E-state index is -0.127. The number of likely N-dealkylation sites (tertiary alicyclic amines) is 1. The zero-order valence-corrected chi connectivity index (χ0v) is 20.5. The zero-order chi connectivity index (χ0) is 23.5. The molecule has 0 N–H and O–H groups in total. The first-order chi connectivity index (χ1) is 15.8. The van der Waals surface area contributed by atoms with Crippen molar-refractivity contribution in [3.63, 3.8) is 0 Å². The van der Waals surface area contributed by atoms with Gasteiger partial charge in [-0.2, -0.15) is 0 Å². The number of piperidine rings is 1. The number of likely N-dealkylation sites (N-methyl/N-ethyl adjacent to an activating group) is 1. The Bertz CT molecular complexity index is 922. The molecule has 2 aliphatic rings. The van der Waals surface area contributed by atoms with E-state index in [1.165, 1.54) is 6.42 Å². The fourth-order valence-electron chi connectivity index (χ4n) is 5.18. The molecule has 3 heterocycles. The number of rotatable bonds is 6. The second-order valence-electron chi connectivity index (χ2n) is 10.2. The summed E-state index contributed by atoms with van der Waals surface area (Å²) in [5, 5.41) is 1.05. The number of nitrogens with zero attached hydrogens (tertiary/aromatic N) is 4. The molecule has 3 unspecified atom stereocenters. The van der Waals surface area contributed by atoms with Gasteiger partial charge in [0.05, 0.1) is 19.1 Å². The minimum Gasteiger partial charge on any atom is -0.459 e. The molecule has 2 saturated heterocycles. The summed E-state index contributed by atoms with van der Waals surface area (Å²) in [6.07, 6.45) is 1.21. The maximum atomic E-state index is 12.9. The quantitative estimate of drug-likeness (QED) is 0.671. The Hall–Kier alpha value is -2.38. The SMILES string of the molecule is CC1CC(C)CN(C(=O)CN2CCN(CC(=O)N(C)C(C)c3cc4ccccc4o3)CC2)C1. The number of carbonyl (C=O) groups is 2. The molecule has 180 valence electrons. The van der Waals surface area contributed by atoms with E-state index >= 15 is 0 Å². The van der Waals surface area contributed by atoms with E-state index in [1.807, 2.05) is 49.2 Å². The Morgan fingerprint density at radius 1 is 1.03 bits per heavy atom. The predicted octanol–water partition coefficient (Wildman–Crippen LogP) is 3.07. The van der Waals surface area contributed by atoms with Gasteiger partial charge in [0, 0.05) is 51.7 Å². The maximum Gasteiger partial charge on any atom is 0.237 e. The molecule has 4 rings (SSSR count). The Balaban J connectivity index is 1.23. The van der Waals surface area contributed by atoms with E-state index in [-0.39, 0.29) is 17.9 Å². The summed E-state index contributed by atoms with van der Waals surface area (Å²) < 4.78 is 5.96. The summed E-state index contributed by atoms with van der Waals surface area (Å²) in [5.41, 5.74) is 0.847. The predicted molar refractivity (Wildman–Crippen MR) is 130 cm³/mol. The van der Waals surface area contributed by atoms with E-state index in [2.05, 4.69) is 23.6 Å². The number of benzene rings is 1. The van der Waals surface area contributed by atoms with Gasteiger partial charge >= 0.3 is 0 Å². The van der Waals surface area contributed by atoms with Crippen LogP contribution in [-0.2, 0) is 9.59 Å². The van der Waals surface area contributed by atoms with Gasteiger partial charge < -0.3 is 14.2 Å². The summed E-state index contributed by atoms with van der Waals surface area (Å²) in [5.74, 6) is 2.30. The van der Waals surface area contributed by atoms with Crippen LogP contribution in [0.1, 0.15) is 39.0 Å². The van der Waals surface area contributed by atoms with E-state index in [9.17, 15) is 9.59 Å². The number of hydrogen-bond acceptors (Lipinski definition) is 5. The Labute approximate surface area is 197 Å². The van der Waals surface area contributed by atoms with Gasteiger partial charge in [0.2, 0.25) is 11.8 Å². The van der Waals surface area contributed by atoms with Crippen LogP contribution in [0.25, 0.3) is 11.0 Å². The average molecular weight is 455 g/mol. The molecule has 2 aromatic rings. The summed E-state index contributed by atoms with van der Waals surface area (Å²) in [4.78, 5) is 34.0. The summed E-state index contributed by atoms with van der Waals surface area (Å²) >= 11 is 0. The molecule has 0 spiro atoms. The molecule has 7 nitrogen and oxygen atoms in total. The lowest BCUT2D eigenvalue weighted by atomic mass is 9.92. The van der Waals surface area contributed by atoms with Crippen molar-refractivity contribution in [2.24, 2.45) is 11.8 Å². The molecule has 2 aliphatic heterocycles. The van der Waals surface area contributed by atoms with E-state index in [1.54, 1.807) is 4.90 Å². The van der Waals surface area contributed by atoms with Crippen LogP contribution >= 0.6 is 0 Å². The maximum absolute atomic E-state index is 12.9. The van der Waals surface area contributed by atoms with Gasteiger partial charge in [-0.25, -0.2) is 0 Å². The number of carbonyl (C=O) groups excluding carboxylic acids is 2. The van der Waals surface area contributed by atoms with Crippen molar-refractivity contribution in [2.75, 3.05) is 59.4 Å². The van der Waals surface area contributed by atoms with Crippen LogP contribution in [0.15, 0.2) is 34.7 Å². The molecule has 1 aromatic carbocycles. The van der Waals surface area contributed by atoms with Crippen LogP contribution in [-0.4, -0.2) is 90.8 Å². The largest absolute Gasteiger partial charge is 0.459 e. The number of piperazine rings is 1.